The second kappa shape index (κ2) is 7.85. The molecule has 2 aliphatic heterocycles. The molecule has 1 unspecified atom stereocenters. The number of carbonyl (C=O) groups excluding carboxylic acids is 1. The van der Waals surface area contributed by atoms with Crippen molar-refractivity contribution < 1.29 is 4.79 Å². The van der Waals surface area contributed by atoms with Crippen molar-refractivity contribution in [1.82, 2.24) is 15.5 Å². The number of rotatable bonds is 5. The van der Waals surface area contributed by atoms with Crippen LogP contribution < -0.4 is 10.6 Å². The van der Waals surface area contributed by atoms with Crippen molar-refractivity contribution in [2.45, 2.75) is 51.5 Å². The molecule has 0 aromatic heterocycles. The molecule has 110 valence electrons. The van der Waals surface area contributed by atoms with Crippen molar-refractivity contribution >= 4 is 5.91 Å². The summed E-state index contributed by atoms with van der Waals surface area (Å²) in [6.45, 7) is 7.86. The highest BCUT2D eigenvalue weighted by molar-refractivity contribution is 5.76. The van der Waals surface area contributed by atoms with E-state index >= 15 is 0 Å². The monoisotopic (exact) mass is 267 g/mol. The normalized spacial score (nSPS) is 26.3. The van der Waals surface area contributed by atoms with E-state index < -0.39 is 0 Å². The summed E-state index contributed by atoms with van der Waals surface area (Å²) in [7, 11) is 0. The summed E-state index contributed by atoms with van der Waals surface area (Å²) in [6, 6.07) is 0.416. The third-order valence-electron chi connectivity index (χ3n) is 4.58. The molecular formula is C15H29N3O. The Hall–Kier alpha value is -0.610. The van der Waals surface area contributed by atoms with Gasteiger partial charge >= 0.3 is 0 Å². The Bertz CT molecular complexity index is 269. The van der Waals surface area contributed by atoms with Crippen LogP contribution in [-0.4, -0.2) is 49.6 Å². The Morgan fingerprint density at radius 3 is 2.74 bits per heavy atom. The summed E-state index contributed by atoms with van der Waals surface area (Å²) >= 11 is 0. The minimum Gasteiger partial charge on any atom is -0.353 e. The minimum absolute atomic E-state index is 0.264. The Labute approximate surface area is 117 Å². The maximum Gasteiger partial charge on any atom is 0.220 e. The van der Waals surface area contributed by atoms with Gasteiger partial charge in [0.25, 0.3) is 0 Å². The fourth-order valence-corrected chi connectivity index (χ4v) is 3.20. The Morgan fingerprint density at radius 1 is 1.32 bits per heavy atom. The van der Waals surface area contributed by atoms with Gasteiger partial charge in [0.15, 0.2) is 0 Å². The molecule has 2 N–H and O–H groups in total. The molecule has 0 aliphatic carbocycles. The van der Waals surface area contributed by atoms with E-state index in [1.54, 1.807) is 0 Å². The molecule has 0 aromatic carbocycles. The zero-order valence-electron chi connectivity index (χ0n) is 12.3. The van der Waals surface area contributed by atoms with Crippen molar-refractivity contribution in [2.75, 3.05) is 32.7 Å². The first-order valence-corrected chi connectivity index (χ1v) is 8.00. The highest BCUT2D eigenvalue weighted by atomic mass is 16.1. The predicted molar refractivity (Wildman–Crippen MR) is 78.1 cm³/mol. The van der Waals surface area contributed by atoms with Crippen molar-refractivity contribution in [3.05, 3.63) is 0 Å². The van der Waals surface area contributed by atoms with Crippen LogP contribution in [0.3, 0.4) is 0 Å². The molecule has 0 saturated carbocycles. The summed E-state index contributed by atoms with van der Waals surface area (Å²) in [6.07, 6.45) is 6.54. The number of carbonyl (C=O) groups is 1. The number of amides is 1. The van der Waals surface area contributed by atoms with Crippen LogP contribution in [0, 0.1) is 5.92 Å². The van der Waals surface area contributed by atoms with E-state index in [9.17, 15) is 4.79 Å². The maximum absolute atomic E-state index is 12.0. The van der Waals surface area contributed by atoms with Crippen LogP contribution in [0.1, 0.15) is 45.4 Å². The van der Waals surface area contributed by atoms with E-state index in [2.05, 4.69) is 22.5 Å². The lowest BCUT2D eigenvalue weighted by Gasteiger charge is -2.31. The molecule has 2 saturated heterocycles. The SMILES string of the molecule is CCN1CCC(NC(=O)CCC2CCCNC2)CC1. The quantitative estimate of drug-likeness (QED) is 0.791. The molecule has 1 atom stereocenters. The van der Waals surface area contributed by atoms with Gasteiger partial charge in [-0.2, -0.15) is 0 Å². The number of hydrogen-bond donors (Lipinski definition) is 2. The van der Waals surface area contributed by atoms with E-state index in [1.807, 2.05) is 0 Å². The second-order valence-electron chi connectivity index (χ2n) is 6.03. The average Bonchev–Trinajstić information content (AvgIpc) is 2.47. The first-order chi connectivity index (χ1) is 9.28. The number of piperidine rings is 2. The van der Waals surface area contributed by atoms with Crippen molar-refractivity contribution in [3.63, 3.8) is 0 Å². The lowest BCUT2D eigenvalue weighted by molar-refractivity contribution is -0.122. The lowest BCUT2D eigenvalue weighted by Crippen LogP contribution is -2.44. The number of hydrogen-bond acceptors (Lipinski definition) is 3. The molecule has 2 rings (SSSR count). The predicted octanol–water partition coefficient (Wildman–Crippen LogP) is 1.37. The van der Waals surface area contributed by atoms with Crippen LogP contribution in [0.5, 0.6) is 0 Å². The van der Waals surface area contributed by atoms with Gasteiger partial charge in [-0.25, -0.2) is 0 Å². The highest BCUT2D eigenvalue weighted by Gasteiger charge is 2.20. The van der Waals surface area contributed by atoms with Gasteiger partial charge in [0, 0.05) is 25.6 Å². The van der Waals surface area contributed by atoms with E-state index in [1.165, 1.54) is 12.8 Å². The summed E-state index contributed by atoms with van der Waals surface area (Å²) < 4.78 is 0. The van der Waals surface area contributed by atoms with Gasteiger partial charge in [0.2, 0.25) is 5.91 Å². The topological polar surface area (TPSA) is 44.4 Å². The van der Waals surface area contributed by atoms with Gasteiger partial charge < -0.3 is 15.5 Å². The van der Waals surface area contributed by atoms with E-state index in [4.69, 9.17) is 0 Å². The summed E-state index contributed by atoms with van der Waals surface area (Å²) in [5.41, 5.74) is 0. The number of nitrogens with zero attached hydrogens (tertiary/aromatic N) is 1. The van der Waals surface area contributed by atoms with Crippen LogP contribution in [0.4, 0.5) is 0 Å². The van der Waals surface area contributed by atoms with Gasteiger partial charge in [0.05, 0.1) is 0 Å². The summed E-state index contributed by atoms with van der Waals surface area (Å²) in [4.78, 5) is 14.4. The van der Waals surface area contributed by atoms with E-state index in [-0.39, 0.29) is 5.91 Å². The highest BCUT2D eigenvalue weighted by Crippen LogP contribution is 2.16. The molecular weight excluding hydrogens is 238 g/mol. The Morgan fingerprint density at radius 2 is 2.11 bits per heavy atom. The lowest BCUT2D eigenvalue weighted by atomic mass is 9.94. The summed E-state index contributed by atoms with van der Waals surface area (Å²) in [5.74, 6) is 0.974. The molecule has 0 radical (unpaired) electrons. The van der Waals surface area contributed by atoms with Crippen molar-refractivity contribution in [3.8, 4) is 0 Å². The van der Waals surface area contributed by atoms with Gasteiger partial charge in [0.1, 0.15) is 0 Å². The molecule has 2 heterocycles. The maximum atomic E-state index is 12.0. The first-order valence-electron chi connectivity index (χ1n) is 8.00. The molecule has 0 spiro atoms. The fraction of sp³-hybridized carbons (Fsp3) is 0.933. The largest absolute Gasteiger partial charge is 0.353 e. The van der Waals surface area contributed by atoms with Gasteiger partial charge in [-0.15, -0.1) is 0 Å². The Kier molecular flexibility index (Phi) is 6.11. The number of likely N-dealkylation sites (tertiary alicyclic amines) is 1. The molecule has 1 amide bonds. The molecule has 2 fully saturated rings. The molecule has 0 bridgehead atoms. The van der Waals surface area contributed by atoms with Gasteiger partial charge in [-0.3, -0.25) is 4.79 Å². The fourth-order valence-electron chi connectivity index (χ4n) is 3.20. The van der Waals surface area contributed by atoms with Crippen molar-refractivity contribution in [1.29, 1.82) is 0 Å². The molecule has 19 heavy (non-hydrogen) atoms. The smallest absolute Gasteiger partial charge is 0.220 e. The van der Waals surface area contributed by atoms with Crippen LogP contribution in [0.2, 0.25) is 0 Å². The van der Waals surface area contributed by atoms with Gasteiger partial charge in [-0.05, 0) is 57.7 Å². The minimum atomic E-state index is 0.264. The van der Waals surface area contributed by atoms with Crippen LogP contribution in [-0.2, 0) is 4.79 Å². The zero-order valence-corrected chi connectivity index (χ0v) is 12.3. The van der Waals surface area contributed by atoms with Crippen LogP contribution in [0.15, 0.2) is 0 Å². The van der Waals surface area contributed by atoms with Crippen LogP contribution in [0.25, 0.3) is 0 Å². The Balaban J connectivity index is 1.59. The standard InChI is InChI=1S/C15H29N3O/c1-2-18-10-7-14(8-11-18)17-15(19)6-5-13-4-3-9-16-12-13/h13-14,16H,2-12H2,1H3,(H,17,19). The van der Waals surface area contributed by atoms with E-state index in [0.29, 0.717) is 18.4 Å². The first kappa shape index (κ1) is 14.8. The molecule has 4 nitrogen and oxygen atoms in total. The zero-order chi connectivity index (χ0) is 13.5. The third-order valence-corrected chi connectivity index (χ3v) is 4.58. The molecule has 4 heteroatoms. The number of nitrogens with one attached hydrogen (secondary N) is 2. The van der Waals surface area contributed by atoms with Crippen molar-refractivity contribution in [2.24, 2.45) is 5.92 Å². The van der Waals surface area contributed by atoms with Crippen LogP contribution >= 0.6 is 0 Å². The third kappa shape index (κ3) is 5.11. The average molecular weight is 267 g/mol. The second-order valence-corrected chi connectivity index (χ2v) is 6.03. The summed E-state index contributed by atoms with van der Waals surface area (Å²) in [5, 5.41) is 6.63. The van der Waals surface area contributed by atoms with E-state index in [0.717, 1.165) is 52.0 Å². The molecule has 2 aliphatic rings. The molecule has 0 aromatic rings. The van der Waals surface area contributed by atoms with Gasteiger partial charge in [-0.1, -0.05) is 6.92 Å².